The van der Waals surface area contributed by atoms with Crippen LogP contribution in [0.3, 0.4) is 0 Å². The number of rotatable bonds is 6. The fourth-order valence-corrected chi connectivity index (χ4v) is 11.5. The molecule has 4 bridgehead atoms. The first-order chi connectivity index (χ1) is 20.1. The molecule has 8 heteroatoms. The topological polar surface area (TPSA) is 97.7 Å². The Morgan fingerprint density at radius 3 is 2.12 bits per heavy atom. The molecule has 3 unspecified atom stereocenters. The molecule has 0 aromatic heterocycles. The monoisotopic (exact) mass is 602 g/mol. The molecule has 4 saturated carbocycles. The van der Waals surface area contributed by atoms with Gasteiger partial charge in [0.25, 0.3) is 10.1 Å². The van der Waals surface area contributed by atoms with E-state index in [-0.39, 0.29) is 27.4 Å². The normalized spacial score (nSPS) is 28.7. The highest BCUT2D eigenvalue weighted by molar-refractivity contribution is 7.87. The third kappa shape index (κ3) is 4.05. The molecule has 4 aromatic rings. The van der Waals surface area contributed by atoms with Crippen LogP contribution in [0, 0.1) is 17.8 Å². The van der Waals surface area contributed by atoms with Crippen LogP contribution < -0.4 is 4.18 Å². The van der Waals surface area contributed by atoms with Gasteiger partial charge in [-0.2, -0.15) is 16.8 Å². The number of benzene rings is 4. The van der Waals surface area contributed by atoms with Crippen molar-refractivity contribution in [2.45, 2.75) is 78.9 Å². The molecule has 4 aliphatic carbocycles. The molecule has 1 N–H and O–H groups in total. The minimum atomic E-state index is -4.52. The van der Waals surface area contributed by atoms with Crippen LogP contribution in [-0.4, -0.2) is 21.4 Å². The Morgan fingerprint density at radius 2 is 1.48 bits per heavy atom. The van der Waals surface area contributed by atoms with E-state index < -0.39 is 20.2 Å². The summed E-state index contributed by atoms with van der Waals surface area (Å²) >= 11 is 0. The summed E-state index contributed by atoms with van der Waals surface area (Å²) in [4.78, 5) is 0.0722. The van der Waals surface area contributed by atoms with E-state index >= 15 is 0 Å². The van der Waals surface area contributed by atoms with Crippen LogP contribution in [0.5, 0.6) is 5.75 Å². The van der Waals surface area contributed by atoms with Crippen molar-refractivity contribution in [2.24, 2.45) is 17.8 Å². The zero-order chi connectivity index (χ0) is 28.9. The SMILES string of the molecule is O=S(=O)(O)c1ccc(OS(=O)(=O)c2c(C3CC4CCC3C4)cc3ccccc3c2C23CCC(CC2)C3)c2ccccc12. The molecule has 0 spiro atoms. The van der Waals surface area contributed by atoms with Crippen LogP contribution in [0.1, 0.15) is 74.8 Å². The van der Waals surface area contributed by atoms with Gasteiger partial charge < -0.3 is 4.18 Å². The van der Waals surface area contributed by atoms with E-state index in [2.05, 4.69) is 18.2 Å². The number of hydrogen-bond acceptors (Lipinski definition) is 5. The summed E-state index contributed by atoms with van der Waals surface area (Å²) in [6.45, 7) is 0. The molecule has 0 radical (unpaired) electrons. The molecular formula is C34H34O6S2. The van der Waals surface area contributed by atoms with Gasteiger partial charge in [-0.1, -0.05) is 55.0 Å². The fraction of sp³-hybridized carbons (Fsp3) is 0.412. The van der Waals surface area contributed by atoms with Gasteiger partial charge in [0.1, 0.15) is 9.79 Å². The van der Waals surface area contributed by atoms with Gasteiger partial charge in [0.15, 0.2) is 5.75 Å². The van der Waals surface area contributed by atoms with Gasteiger partial charge >= 0.3 is 10.1 Å². The summed E-state index contributed by atoms with van der Waals surface area (Å²) in [6, 6.07) is 19.5. The molecule has 0 heterocycles. The number of fused-ring (bicyclic) bond motifs is 6. The Labute approximate surface area is 247 Å². The molecule has 218 valence electrons. The molecule has 6 nitrogen and oxygen atoms in total. The lowest BCUT2D eigenvalue weighted by molar-refractivity contribution is 0.396. The average molecular weight is 603 g/mol. The van der Waals surface area contributed by atoms with Crippen molar-refractivity contribution < 1.29 is 25.6 Å². The van der Waals surface area contributed by atoms with E-state index in [4.69, 9.17) is 4.18 Å². The van der Waals surface area contributed by atoms with Crippen LogP contribution >= 0.6 is 0 Å². The minimum absolute atomic E-state index is 0.0595. The van der Waals surface area contributed by atoms with E-state index in [0.717, 1.165) is 73.3 Å². The molecule has 0 saturated heterocycles. The lowest BCUT2D eigenvalue weighted by Crippen LogP contribution is -2.27. The van der Waals surface area contributed by atoms with Crippen LogP contribution in [0.15, 0.2) is 76.5 Å². The van der Waals surface area contributed by atoms with Crippen molar-refractivity contribution in [3.05, 3.63) is 77.9 Å². The van der Waals surface area contributed by atoms with E-state index in [1.165, 1.54) is 18.6 Å². The maximum atomic E-state index is 14.8. The summed E-state index contributed by atoms with van der Waals surface area (Å²) in [5.41, 5.74) is 1.65. The van der Waals surface area contributed by atoms with Gasteiger partial charge in [0.2, 0.25) is 0 Å². The molecule has 0 aliphatic heterocycles. The van der Waals surface area contributed by atoms with Crippen molar-refractivity contribution in [3.8, 4) is 5.75 Å². The maximum absolute atomic E-state index is 14.8. The quantitative estimate of drug-likeness (QED) is 0.179. The molecule has 4 aromatic carbocycles. The van der Waals surface area contributed by atoms with E-state index in [0.29, 0.717) is 28.0 Å². The highest BCUT2D eigenvalue weighted by Crippen LogP contribution is 2.60. The second-order valence-electron chi connectivity index (χ2n) is 13.2. The summed E-state index contributed by atoms with van der Waals surface area (Å²) in [7, 11) is -8.86. The predicted molar refractivity (Wildman–Crippen MR) is 162 cm³/mol. The summed E-state index contributed by atoms with van der Waals surface area (Å²) in [5, 5.41) is 2.63. The van der Waals surface area contributed by atoms with Crippen LogP contribution in [-0.2, 0) is 25.7 Å². The Kier molecular flexibility index (Phi) is 5.89. The minimum Gasteiger partial charge on any atom is -0.378 e. The van der Waals surface area contributed by atoms with Crippen molar-refractivity contribution in [3.63, 3.8) is 0 Å². The predicted octanol–water partition coefficient (Wildman–Crippen LogP) is 7.74. The average Bonchev–Trinajstić information content (AvgIpc) is 3.78. The standard InChI is InChI=1S/C34H34O6S2/c35-41(36,37)31-12-11-30(26-7-3-4-8-27(26)31)40-42(38,39)33-29(28-18-22-9-10-24(28)17-22)19-23-5-1-2-6-25(23)32(33)34-15-13-21(20-34)14-16-34/h1-8,11-12,19,21-22,24,28H,9-10,13-18,20H2,(H,35,36,37). The Balaban J connectivity index is 1.38. The molecule has 4 fully saturated rings. The maximum Gasteiger partial charge on any atom is 0.339 e. The summed E-state index contributed by atoms with van der Waals surface area (Å²) < 4.78 is 69.8. The van der Waals surface area contributed by atoms with Gasteiger partial charge in [-0.25, -0.2) is 0 Å². The zero-order valence-corrected chi connectivity index (χ0v) is 25.0. The molecule has 8 rings (SSSR count). The van der Waals surface area contributed by atoms with Crippen molar-refractivity contribution in [2.75, 3.05) is 0 Å². The molecule has 3 atom stereocenters. The first-order valence-electron chi connectivity index (χ1n) is 15.1. The van der Waals surface area contributed by atoms with Crippen LogP contribution in [0.2, 0.25) is 0 Å². The zero-order valence-electron chi connectivity index (χ0n) is 23.3. The van der Waals surface area contributed by atoms with Gasteiger partial charge in [-0.3, -0.25) is 4.55 Å². The fourth-order valence-electron chi connectivity index (χ4n) is 9.29. The third-order valence-electron chi connectivity index (χ3n) is 11.0. The Morgan fingerprint density at radius 1 is 0.762 bits per heavy atom. The van der Waals surface area contributed by atoms with Crippen molar-refractivity contribution in [1.82, 2.24) is 0 Å². The summed E-state index contributed by atoms with van der Waals surface area (Å²) in [5.74, 6) is 1.98. The lowest BCUT2D eigenvalue weighted by atomic mass is 9.73. The second-order valence-corrected chi connectivity index (χ2v) is 16.1. The van der Waals surface area contributed by atoms with Gasteiger partial charge in [-0.05, 0) is 121 Å². The van der Waals surface area contributed by atoms with Gasteiger partial charge in [0, 0.05) is 10.8 Å². The van der Waals surface area contributed by atoms with E-state index in [1.807, 2.05) is 12.1 Å². The van der Waals surface area contributed by atoms with Crippen LogP contribution in [0.25, 0.3) is 21.5 Å². The highest BCUT2D eigenvalue weighted by atomic mass is 32.2. The van der Waals surface area contributed by atoms with Crippen molar-refractivity contribution >= 4 is 41.8 Å². The molecule has 42 heavy (non-hydrogen) atoms. The van der Waals surface area contributed by atoms with E-state index in [9.17, 15) is 21.4 Å². The first-order valence-corrected chi connectivity index (χ1v) is 18.0. The summed E-state index contributed by atoms with van der Waals surface area (Å²) in [6.07, 6.45) is 9.72. The van der Waals surface area contributed by atoms with Crippen LogP contribution in [0.4, 0.5) is 0 Å². The Bertz CT molecular complexity index is 1970. The number of hydrogen-bond donors (Lipinski definition) is 1. The molecule has 0 amide bonds. The second kappa shape index (κ2) is 9.28. The van der Waals surface area contributed by atoms with Gasteiger partial charge in [0.05, 0.1) is 0 Å². The molecular weight excluding hydrogens is 569 g/mol. The molecule has 4 aliphatic rings. The highest BCUT2D eigenvalue weighted by Gasteiger charge is 2.51. The van der Waals surface area contributed by atoms with Crippen molar-refractivity contribution in [1.29, 1.82) is 0 Å². The van der Waals surface area contributed by atoms with Gasteiger partial charge in [-0.15, -0.1) is 0 Å². The largest absolute Gasteiger partial charge is 0.378 e. The smallest absolute Gasteiger partial charge is 0.339 e. The van der Waals surface area contributed by atoms with E-state index in [1.54, 1.807) is 24.3 Å². The Hall–Kier alpha value is -2.94. The lowest BCUT2D eigenvalue weighted by Gasteiger charge is -2.34. The third-order valence-corrected chi connectivity index (χ3v) is 13.3. The first kappa shape index (κ1) is 26.7.